The summed E-state index contributed by atoms with van der Waals surface area (Å²) in [5.74, 6) is -0.301. The van der Waals surface area contributed by atoms with Crippen molar-refractivity contribution < 1.29 is 24.2 Å². The van der Waals surface area contributed by atoms with Gasteiger partial charge in [-0.25, -0.2) is 0 Å². The van der Waals surface area contributed by atoms with Crippen molar-refractivity contribution in [2.24, 2.45) is 0 Å². The minimum Gasteiger partial charge on any atom is -0.493 e. The molecule has 25 heavy (non-hydrogen) atoms. The lowest BCUT2D eigenvalue weighted by atomic mass is 9.89. The molecule has 1 amide bonds. The van der Waals surface area contributed by atoms with E-state index < -0.39 is 11.5 Å². The number of carbonyl (C=O) groups is 2. The Balaban J connectivity index is 2.76. The zero-order chi connectivity index (χ0) is 18.9. The quantitative estimate of drug-likeness (QED) is 0.677. The van der Waals surface area contributed by atoms with Crippen LogP contribution in [0.3, 0.4) is 0 Å². The third kappa shape index (κ3) is 6.14. The molecule has 0 bridgehead atoms. The molecule has 0 aliphatic heterocycles. The summed E-state index contributed by atoms with van der Waals surface area (Å²) in [5, 5.41) is 11.9. The maximum Gasteiger partial charge on any atom is 0.305 e. The smallest absolute Gasteiger partial charge is 0.305 e. The summed E-state index contributed by atoms with van der Waals surface area (Å²) >= 11 is 0. The third-order valence-corrected chi connectivity index (χ3v) is 4.15. The first-order chi connectivity index (χ1) is 11.9. The monoisotopic (exact) mass is 349 g/mol. The number of carbonyl (C=O) groups excluding carboxylic acids is 1. The van der Waals surface area contributed by atoms with E-state index in [-0.39, 0.29) is 18.9 Å². The molecular formula is C19H27NO5. The number of carboxylic acids is 1. The second-order valence-corrected chi connectivity index (χ2v) is 5.81. The average Bonchev–Trinajstić information content (AvgIpc) is 2.59. The van der Waals surface area contributed by atoms with E-state index in [4.69, 9.17) is 14.6 Å². The van der Waals surface area contributed by atoms with E-state index in [1.807, 2.05) is 45.1 Å². The Hall–Kier alpha value is -2.50. The number of amides is 1. The first-order valence-corrected chi connectivity index (χ1v) is 8.36. The molecule has 1 rings (SSSR count). The first kappa shape index (κ1) is 20.5. The molecule has 0 aliphatic rings. The molecule has 0 saturated carbocycles. The first-order valence-electron chi connectivity index (χ1n) is 8.36. The van der Waals surface area contributed by atoms with Crippen LogP contribution in [0.5, 0.6) is 11.5 Å². The topological polar surface area (TPSA) is 84.9 Å². The van der Waals surface area contributed by atoms with Gasteiger partial charge in [-0.2, -0.15) is 0 Å². The van der Waals surface area contributed by atoms with E-state index in [0.717, 1.165) is 5.56 Å². The number of hydrogen-bond donors (Lipinski definition) is 2. The van der Waals surface area contributed by atoms with Gasteiger partial charge in [-0.1, -0.05) is 32.1 Å². The van der Waals surface area contributed by atoms with Crippen LogP contribution in [-0.4, -0.2) is 36.2 Å². The lowest BCUT2D eigenvalue weighted by Gasteiger charge is -2.31. The molecule has 1 aromatic rings. The average molecular weight is 349 g/mol. The van der Waals surface area contributed by atoms with Crippen LogP contribution in [0.15, 0.2) is 24.3 Å². The molecule has 6 nitrogen and oxygen atoms in total. The van der Waals surface area contributed by atoms with Gasteiger partial charge in [0.05, 0.1) is 19.1 Å². The van der Waals surface area contributed by atoms with Gasteiger partial charge in [0.2, 0.25) is 0 Å². The molecule has 6 heteroatoms. The highest BCUT2D eigenvalue weighted by Gasteiger charge is 2.31. The summed E-state index contributed by atoms with van der Waals surface area (Å²) in [7, 11) is 1.54. The minimum atomic E-state index is -0.939. The van der Waals surface area contributed by atoms with Crippen molar-refractivity contribution in [1.29, 1.82) is 0 Å². The molecule has 0 radical (unpaired) electrons. The van der Waals surface area contributed by atoms with Crippen LogP contribution >= 0.6 is 0 Å². The summed E-state index contributed by atoms with van der Waals surface area (Å²) < 4.78 is 10.8. The van der Waals surface area contributed by atoms with Crippen LogP contribution in [0.25, 0.3) is 6.08 Å². The normalized spacial score (nSPS) is 11.4. The van der Waals surface area contributed by atoms with E-state index >= 15 is 0 Å². The predicted molar refractivity (Wildman–Crippen MR) is 96.9 cm³/mol. The van der Waals surface area contributed by atoms with Crippen molar-refractivity contribution in [2.45, 2.75) is 45.6 Å². The van der Waals surface area contributed by atoms with Crippen molar-refractivity contribution in [1.82, 2.24) is 5.32 Å². The zero-order valence-electron chi connectivity index (χ0n) is 15.3. The van der Waals surface area contributed by atoms with Crippen molar-refractivity contribution in [3.05, 3.63) is 29.8 Å². The molecule has 0 aliphatic carbocycles. The van der Waals surface area contributed by atoms with Crippen molar-refractivity contribution in [2.75, 3.05) is 13.7 Å². The van der Waals surface area contributed by atoms with Gasteiger partial charge >= 0.3 is 5.97 Å². The zero-order valence-corrected chi connectivity index (χ0v) is 15.3. The largest absolute Gasteiger partial charge is 0.493 e. The number of hydrogen-bond acceptors (Lipinski definition) is 4. The van der Waals surface area contributed by atoms with Crippen molar-refractivity contribution >= 4 is 18.0 Å². The number of allylic oxidation sites excluding steroid dienone is 1. The summed E-state index contributed by atoms with van der Waals surface area (Å²) in [5.41, 5.74) is 0.208. The Kier molecular flexibility index (Phi) is 7.98. The highest BCUT2D eigenvalue weighted by molar-refractivity contribution is 5.79. The summed E-state index contributed by atoms with van der Waals surface area (Å²) in [6, 6.07) is 5.42. The fourth-order valence-electron chi connectivity index (χ4n) is 2.59. The van der Waals surface area contributed by atoms with Gasteiger partial charge in [0.25, 0.3) is 5.91 Å². The van der Waals surface area contributed by atoms with E-state index in [9.17, 15) is 9.59 Å². The van der Waals surface area contributed by atoms with Crippen LogP contribution < -0.4 is 14.8 Å². The summed E-state index contributed by atoms with van der Waals surface area (Å²) in [6.07, 6.45) is 4.79. The second-order valence-electron chi connectivity index (χ2n) is 5.81. The number of benzene rings is 1. The predicted octanol–water partition coefficient (Wildman–Crippen LogP) is 3.26. The van der Waals surface area contributed by atoms with E-state index in [0.29, 0.717) is 24.3 Å². The maximum absolute atomic E-state index is 12.2. The molecule has 0 saturated heterocycles. The van der Waals surface area contributed by atoms with Gasteiger partial charge in [-0.15, -0.1) is 0 Å². The Bertz CT molecular complexity index is 620. The summed E-state index contributed by atoms with van der Waals surface area (Å²) in [6.45, 7) is 5.43. The standard InChI is InChI=1S/C19H27NO5/c1-5-8-14-9-10-15(16(11-14)24-4)25-13-17(21)20-19(6-2,7-3)12-18(22)23/h5,8-11H,6-7,12-13H2,1-4H3,(H,20,21)(H,22,23)/b8-5+. The number of carboxylic acid groups (broad SMARTS) is 1. The Labute approximate surface area is 148 Å². The van der Waals surface area contributed by atoms with Gasteiger partial charge in [-0.05, 0) is 37.5 Å². The minimum absolute atomic E-state index is 0.118. The van der Waals surface area contributed by atoms with Crippen molar-refractivity contribution in [3.8, 4) is 11.5 Å². The Morgan fingerprint density at radius 1 is 1.24 bits per heavy atom. The number of nitrogens with one attached hydrogen (secondary N) is 1. The molecular weight excluding hydrogens is 322 g/mol. The second kappa shape index (κ2) is 9.71. The molecule has 0 atom stereocenters. The number of rotatable bonds is 10. The molecule has 0 heterocycles. The fraction of sp³-hybridized carbons (Fsp3) is 0.474. The fourth-order valence-corrected chi connectivity index (χ4v) is 2.59. The van der Waals surface area contributed by atoms with Crippen LogP contribution in [0, 0.1) is 0 Å². The third-order valence-electron chi connectivity index (χ3n) is 4.15. The highest BCUT2D eigenvalue weighted by Crippen LogP contribution is 2.28. The lowest BCUT2D eigenvalue weighted by molar-refractivity contribution is -0.139. The molecule has 0 unspecified atom stereocenters. The highest BCUT2D eigenvalue weighted by atomic mass is 16.5. The number of ether oxygens (including phenoxy) is 2. The number of aliphatic carboxylic acids is 1. The van der Waals surface area contributed by atoms with Crippen LogP contribution in [0.4, 0.5) is 0 Å². The molecule has 1 aromatic carbocycles. The van der Waals surface area contributed by atoms with Gasteiger partial charge in [0, 0.05) is 0 Å². The van der Waals surface area contributed by atoms with Gasteiger partial charge < -0.3 is 19.9 Å². The molecule has 0 fully saturated rings. The maximum atomic E-state index is 12.2. The van der Waals surface area contributed by atoms with Gasteiger partial charge in [-0.3, -0.25) is 9.59 Å². The van der Waals surface area contributed by atoms with Crippen LogP contribution in [0.2, 0.25) is 0 Å². The van der Waals surface area contributed by atoms with Gasteiger partial charge in [0.1, 0.15) is 0 Å². The van der Waals surface area contributed by atoms with Crippen LogP contribution in [0.1, 0.15) is 45.6 Å². The molecule has 2 N–H and O–H groups in total. The van der Waals surface area contributed by atoms with Crippen LogP contribution in [-0.2, 0) is 9.59 Å². The van der Waals surface area contributed by atoms with E-state index in [1.54, 1.807) is 6.07 Å². The Morgan fingerprint density at radius 2 is 1.92 bits per heavy atom. The number of methoxy groups -OCH3 is 1. The van der Waals surface area contributed by atoms with Gasteiger partial charge in [0.15, 0.2) is 18.1 Å². The molecule has 0 aromatic heterocycles. The van der Waals surface area contributed by atoms with Crippen molar-refractivity contribution in [3.63, 3.8) is 0 Å². The SMILES string of the molecule is C/C=C/c1ccc(OCC(=O)NC(CC)(CC)CC(=O)O)c(OC)c1. The summed E-state index contributed by atoms with van der Waals surface area (Å²) in [4.78, 5) is 23.3. The molecule has 138 valence electrons. The molecule has 0 spiro atoms. The lowest BCUT2D eigenvalue weighted by Crippen LogP contribution is -2.50. The Morgan fingerprint density at radius 3 is 2.44 bits per heavy atom. The van der Waals surface area contributed by atoms with E-state index in [1.165, 1.54) is 7.11 Å². The van der Waals surface area contributed by atoms with E-state index in [2.05, 4.69) is 5.32 Å².